The summed E-state index contributed by atoms with van der Waals surface area (Å²) >= 11 is 1.98. The number of benzene rings is 1. The first kappa shape index (κ1) is 7.23. The molecular formula is C10H12S. The topological polar surface area (TPSA) is 0 Å². The first-order valence-electron chi connectivity index (χ1n) is 4.01. The van der Waals surface area contributed by atoms with Crippen molar-refractivity contribution in [2.24, 2.45) is 0 Å². The summed E-state index contributed by atoms with van der Waals surface area (Å²) in [5.41, 5.74) is 2.94. The molecule has 1 aliphatic heterocycles. The monoisotopic (exact) mass is 164 g/mol. The molecule has 0 N–H and O–H groups in total. The highest BCUT2D eigenvalue weighted by atomic mass is 32.2. The van der Waals surface area contributed by atoms with Crippen molar-refractivity contribution in [2.75, 3.05) is 5.75 Å². The first-order chi connectivity index (χ1) is 5.27. The average molecular weight is 164 g/mol. The molecule has 0 amide bonds. The highest BCUT2D eigenvalue weighted by molar-refractivity contribution is 7.99. The van der Waals surface area contributed by atoms with Gasteiger partial charge in [-0.1, -0.05) is 24.6 Å². The molecule has 0 nitrogen and oxygen atoms in total. The van der Waals surface area contributed by atoms with Gasteiger partial charge in [0.2, 0.25) is 0 Å². The average Bonchev–Trinajstić information content (AvgIpc) is 2.33. The Balaban J connectivity index is 2.52. The van der Waals surface area contributed by atoms with Crippen LogP contribution >= 0.6 is 11.8 Å². The van der Waals surface area contributed by atoms with Crippen molar-refractivity contribution in [3.8, 4) is 0 Å². The summed E-state index contributed by atoms with van der Waals surface area (Å²) in [5, 5.41) is 0. The van der Waals surface area contributed by atoms with E-state index in [9.17, 15) is 0 Å². The van der Waals surface area contributed by atoms with Crippen LogP contribution in [0.3, 0.4) is 0 Å². The van der Waals surface area contributed by atoms with E-state index in [4.69, 9.17) is 0 Å². The van der Waals surface area contributed by atoms with Gasteiger partial charge >= 0.3 is 0 Å². The minimum absolute atomic E-state index is 0.759. The van der Waals surface area contributed by atoms with Crippen LogP contribution in [-0.2, 0) is 0 Å². The smallest absolute Gasteiger partial charge is 0.0107 e. The van der Waals surface area contributed by atoms with E-state index in [0.29, 0.717) is 0 Å². The van der Waals surface area contributed by atoms with Crippen LogP contribution in [0.1, 0.15) is 24.0 Å². The number of fused-ring (bicyclic) bond motifs is 1. The highest BCUT2D eigenvalue weighted by Gasteiger charge is 2.18. The SMILES string of the molecule is Cc1ccc2c(c1)C(C)CS2. The largest absolute Gasteiger partial charge is 0.125 e. The summed E-state index contributed by atoms with van der Waals surface area (Å²) in [7, 11) is 0. The minimum Gasteiger partial charge on any atom is -0.125 e. The van der Waals surface area contributed by atoms with Crippen LogP contribution in [0.25, 0.3) is 0 Å². The Morgan fingerprint density at radius 2 is 2.27 bits per heavy atom. The van der Waals surface area contributed by atoms with Gasteiger partial charge in [-0.25, -0.2) is 0 Å². The van der Waals surface area contributed by atoms with Crippen molar-refractivity contribution in [2.45, 2.75) is 24.7 Å². The van der Waals surface area contributed by atoms with E-state index in [-0.39, 0.29) is 0 Å². The van der Waals surface area contributed by atoms with Crippen molar-refractivity contribution in [1.82, 2.24) is 0 Å². The Bertz CT molecular complexity index is 278. The number of rotatable bonds is 0. The maximum absolute atomic E-state index is 2.32. The van der Waals surface area contributed by atoms with Gasteiger partial charge in [-0.15, -0.1) is 11.8 Å². The third kappa shape index (κ3) is 1.18. The van der Waals surface area contributed by atoms with E-state index in [1.807, 2.05) is 11.8 Å². The molecule has 0 saturated carbocycles. The normalized spacial score (nSPS) is 21.8. The molecule has 1 aromatic rings. The summed E-state index contributed by atoms with van der Waals surface area (Å²) in [5.74, 6) is 2.02. The van der Waals surface area contributed by atoms with Crippen LogP contribution < -0.4 is 0 Å². The molecule has 0 saturated heterocycles. The predicted octanol–water partition coefficient (Wildman–Crippen LogP) is 3.20. The molecule has 1 aliphatic rings. The zero-order valence-corrected chi connectivity index (χ0v) is 7.74. The van der Waals surface area contributed by atoms with Gasteiger partial charge in [0.25, 0.3) is 0 Å². The summed E-state index contributed by atoms with van der Waals surface area (Å²) < 4.78 is 0. The molecule has 1 heteroatoms. The molecule has 58 valence electrons. The predicted molar refractivity (Wildman–Crippen MR) is 50.3 cm³/mol. The lowest BCUT2D eigenvalue weighted by molar-refractivity contribution is 0.880. The van der Waals surface area contributed by atoms with E-state index < -0.39 is 0 Å². The van der Waals surface area contributed by atoms with Crippen molar-refractivity contribution in [3.05, 3.63) is 29.3 Å². The second kappa shape index (κ2) is 2.56. The Kier molecular flexibility index (Phi) is 1.68. The Morgan fingerprint density at radius 3 is 3.09 bits per heavy atom. The van der Waals surface area contributed by atoms with Gasteiger partial charge in [-0.2, -0.15) is 0 Å². The van der Waals surface area contributed by atoms with Crippen LogP contribution in [0.5, 0.6) is 0 Å². The first-order valence-corrected chi connectivity index (χ1v) is 4.99. The van der Waals surface area contributed by atoms with E-state index >= 15 is 0 Å². The fourth-order valence-electron chi connectivity index (χ4n) is 1.49. The molecule has 0 aromatic heterocycles. The molecule has 11 heavy (non-hydrogen) atoms. The molecule has 0 aliphatic carbocycles. The van der Waals surface area contributed by atoms with Crippen LogP contribution in [0.4, 0.5) is 0 Å². The van der Waals surface area contributed by atoms with Gasteiger partial charge in [0.15, 0.2) is 0 Å². The van der Waals surface area contributed by atoms with Crippen molar-refractivity contribution in [1.29, 1.82) is 0 Å². The van der Waals surface area contributed by atoms with Crippen LogP contribution in [0.15, 0.2) is 23.1 Å². The second-order valence-corrected chi connectivity index (χ2v) is 4.32. The molecular weight excluding hydrogens is 152 g/mol. The van der Waals surface area contributed by atoms with E-state index in [1.54, 1.807) is 5.56 Å². The lowest BCUT2D eigenvalue weighted by Crippen LogP contribution is -1.89. The quantitative estimate of drug-likeness (QED) is 0.567. The summed E-state index contributed by atoms with van der Waals surface area (Å²) in [4.78, 5) is 1.49. The zero-order valence-electron chi connectivity index (χ0n) is 6.92. The fraction of sp³-hybridized carbons (Fsp3) is 0.400. The summed E-state index contributed by atoms with van der Waals surface area (Å²) in [6.07, 6.45) is 0. The van der Waals surface area contributed by atoms with Crippen LogP contribution in [0, 0.1) is 6.92 Å². The van der Waals surface area contributed by atoms with Crippen LogP contribution in [-0.4, -0.2) is 5.75 Å². The molecule has 1 atom stereocenters. The lowest BCUT2D eigenvalue weighted by Gasteiger charge is -2.02. The third-order valence-corrected chi connectivity index (χ3v) is 3.53. The van der Waals surface area contributed by atoms with Gasteiger partial charge in [0.05, 0.1) is 0 Å². The molecule has 2 rings (SSSR count). The number of aryl methyl sites for hydroxylation is 1. The molecule has 1 unspecified atom stereocenters. The summed E-state index contributed by atoms with van der Waals surface area (Å²) in [6.45, 7) is 4.47. The fourth-order valence-corrected chi connectivity index (χ4v) is 2.69. The number of hydrogen-bond donors (Lipinski definition) is 0. The van der Waals surface area contributed by atoms with Crippen LogP contribution in [0.2, 0.25) is 0 Å². The molecule has 0 bridgehead atoms. The van der Waals surface area contributed by atoms with Gasteiger partial charge in [0, 0.05) is 10.6 Å². The Morgan fingerprint density at radius 1 is 1.45 bits per heavy atom. The molecule has 0 radical (unpaired) electrons. The second-order valence-electron chi connectivity index (χ2n) is 3.25. The molecule has 1 aromatic carbocycles. The zero-order chi connectivity index (χ0) is 7.84. The Hall–Kier alpha value is -0.430. The van der Waals surface area contributed by atoms with E-state index in [2.05, 4.69) is 32.0 Å². The maximum Gasteiger partial charge on any atom is 0.0107 e. The molecule has 0 spiro atoms. The minimum atomic E-state index is 0.759. The highest BCUT2D eigenvalue weighted by Crippen LogP contribution is 2.39. The van der Waals surface area contributed by atoms with Gasteiger partial charge < -0.3 is 0 Å². The van der Waals surface area contributed by atoms with Gasteiger partial charge in [0.1, 0.15) is 0 Å². The van der Waals surface area contributed by atoms with Gasteiger partial charge in [-0.05, 0) is 24.5 Å². The van der Waals surface area contributed by atoms with Crippen molar-refractivity contribution in [3.63, 3.8) is 0 Å². The standard InChI is InChI=1S/C10H12S/c1-7-3-4-10-9(5-7)8(2)6-11-10/h3-5,8H,6H2,1-2H3. The van der Waals surface area contributed by atoms with E-state index in [1.165, 1.54) is 16.2 Å². The van der Waals surface area contributed by atoms with Gasteiger partial charge in [-0.3, -0.25) is 0 Å². The maximum atomic E-state index is 2.32. The Labute approximate surface area is 72.0 Å². The van der Waals surface area contributed by atoms with E-state index in [0.717, 1.165) is 5.92 Å². The van der Waals surface area contributed by atoms with Crippen molar-refractivity contribution < 1.29 is 0 Å². The molecule has 0 fully saturated rings. The summed E-state index contributed by atoms with van der Waals surface area (Å²) in [6, 6.07) is 6.77. The van der Waals surface area contributed by atoms with Crippen molar-refractivity contribution >= 4 is 11.8 Å². The number of thioether (sulfide) groups is 1. The molecule has 1 heterocycles. The third-order valence-electron chi connectivity index (χ3n) is 2.19. The number of hydrogen-bond acceptors (Lipinski definition) is 1. The lowest BCUT2D eigenvalue weighted by atomic mass is 10.0.